The number of rotatable bonds is 6. The molecule has 3 aromatic heterocycles. The van der Waals surface area contributed by atoms with Gasteiger partial charge in [0.05, 0.1) is 10.9 Å². The van der Waals surface area contributed by atoms with Crippen molar-refractivity contribution in [1.82, 2.24) is 20.1 Å². The van der Waals surface area contributed by atoms with Crippen molar-refractivity contribution in [3.8, 4) is 10.6 Å². The van der Waals surface area contributed by atoms with E-state index in [2.05, 4.69) is 15.4 Å². The molecule has 0 aliphatic heterocycles. The standard InChI is InChI=1S/C19H22N4O2S/c24-19(10-8-16-7-9-17(25-16)18-2-1-11-26-18)22-14-3-5-15(6-4-14)23-13-20-12-21-23/h1-2,7,9,11-15H,3-6,8,10H2,(H,22,24). The molecule has 0 unspecified atom stereocenters. The minimum Gasteiger partial charge on any atom is -0.460 e. The van der Waals surface area contributed by atoms with Gasteiger partial charge in [-0.25, -0.2) is 9.67 Å². The molecule has 6 nitrogen and oxygen atoms in total. The largest absolute Gasteiger partial charge is 0.460 e. The molecule has 0 radical (unpaired) electrons. The maximum Gasteiger partial charge on any atom is 0.220 e. The summed E-state index contributed by atoms with van der Waals surface area (Å²) in [6.45, 7) is 0. The van der Waals surface area contributed by atoms with Gasteiger partial charge in [0.15, 0.2) is 0 Å². The summed E-state index contributed by atoms with van der Waals surface area (Å²) in [6.07, 6.45) is 8.46. The molecule has 1 aliphatic carbocycles. The lowest BCUT2D eigenvalue weighted by Gasteiger charge is -2.29. The molecule has 0 saturated heterocycles. The molecule has 0 aromatic carbocycles. The van der Waals surface area contributed by atoms with E-state index in [-0.39, 0.29) is 11.9 Å². The fraction of sp³-hybridized carbons (Fsp3) is 0.421. The highest BCUT2D eigenvalue weighted by Gasteiger charge is 2.23. The molecule has 1 N–H and O–H groups in total. The molecule has 3 heterocycles. The van der Waals surface area contributed by atoms with Crippen LogP contribution in [0.15, 0.2) is 46.7 Å². The molecular formula is C19H22N4O2S. The number of amides is 1. The number of hydrogen-bond acceptors (Lipinski definition) is 5. The molecule has 4 rings (SSSR count). The van der Waals surface area contributed by atoms with E-state index >= 15 is 0 Å². The Morgan fingerprint density at radius 1 is 1.27 bits per heavy atom. The molecule has 1 amide bonds. The topological polar surface area (TPSA) is 73.0 Å². The van der Waals surface area contributed by atoms with E-state index in [1.54, 1.807) is 24.0 Å². The Labute approximate surface area is 156 Å². The van der Waals surface area contributed by atoms with Crippen LogP contribution in [-0.2, 0) is 11.2 Å². The van der Waals surface area contributed by atoms with Gasteiger partial charge in [0.1, 0.15) is 24.2 Å². The third kappa shape index (κ3) is 4.04. The SMILES string of the molecule is O=C(CCc1ccc(-c2cccs2)o1)NC1CCC(n2cncn2)CC1. The first-order valence-corrected chi connectivity index (χ1v) is 9.92. The van der Waals surface area contributed by atoms with Crippen LogP contribution in [0.5, 0.6) is 0 Å². The summed E-state index contributed by atoms with van der Waals surface area (Å²) in [4.78, 5) is 17.4. The summed E-state index contributed by atoms with van der Waals surface area (Å²) < 4.78 is 7.77. The van der Waals surface area contributed by atoms with Crippen molar-refractivity contribution in [3.05, 3.63) is 48.1 Å². The highest BCUT2D eigenvalue weighted by molar-refractivity contribution is 7.13. The van der Waals surface area contributed by atoms with Crippen LogP contribution in [0.3, 0.4) is 0 Å². The average Bonchev–Trinajstić information content (AvgIpc) is 3.42. The maximum absolute atomic E-state index is 12.3. The Bertz CT molecular complexity index is 818. The lowest BCUT2D eigenvalue weighted by Crippen LogP contribution is -2.38. The van der Waals surface area contributed by atoms with Crippen molar-refractivity contribution >= 4 is 17.2 Å². The zero-order chi connectivity index (χ0) is 17.8. The minimum atomic E-state index is 0.100. The summed E-state index contributed by atoms with van der Waals surface area (Å²) in [5, 5.41) is 9.41. The van der Waals surface area contributed by atoms with Gasteiger partial charge in [0.25, 0.3) is 0 Å². The maximum atomic E-state index is 12.3. The fourth-order valence-electron chi connectivity index (χ4n) is 3.49. The van der Waals surface area contributed by atoms with E-state index in [4.69, 9.17) is 4.42 Å². The van der Waals surface area contributed by atoms with Crippen molar-refractivity contribution in [2.45, 2.75) is 50.6 Å². The van der Waals surface area contributed by atoms with Gasteiger partial charge in [0, 0.05) is 18.9 Å². The van der Waals surface area contributed by atoms with Crippen molar-refractivity contribution < 1.29 is 9.21 Å². The van der Waals surface area contributed by atoms with Crippen LogP contribution in [0.25, 0.3) is 10.6 Å². The summed E-state index contributed by atoms with van der Waals surface area (Å²) in [5.74, 6) is 1.84. The normalized spacial score (nSPS) is 20.2. The van der Waals surface area contributed by atoms with Crippen molar-refractivity contribution in [2.24, 2.45) is 0 Å². The molecule has 0 bridgehead atoms. The molecule has 7 heteroatoms. The Kier molecular flexibility index (Phi) is 5.15. The molecule has 1 aliphatic rings. The smallest absolute Gasteiger partial charge is 0.220 e. The van der Waals surface area contributed by atoms with E-state index in [0.29, 0.717) is 18.9 Å². The predicted molar refractivity (Wildman–Crippen MR) is 99.8 cm³/mol. The van der Waals surface area contributed by atoms with Crippen LogP contribution in [-0.4, -0.2) is 26.7 Å². The predicted octanol–water partition coefficient (Wildman–Crippen LogP) is 3.83. The first-order valence-electron chi connectivity index (χ1n) is 9.04. The molecule has 1 fully saturated rings. The summed E-state index contributed by atoms with van der Waals surface area (Å²) >= 11 is 1.65. The second-order valence-corrected chi connectivity index (χ2v) is 7.64. The minimum absolute atomic E-state index is 0.100. The van der Waals surface area contributed by atoms with Gasteiger partial charge in [0.2, 0.25) is 5.91 Å². The van der Waals surface area contributed by atoms with E-state index in [9.17, 15) is 4.79 Å². The number of nitrogens with zero attached hydrogens (tertiary/aromatic N) is 3. The van der Waals surface area contributed by atoms with Gasteiger partial charge >= 0.3 is 0 Å². The summed E-state index contributed by atoms with van der Waals surface area (Å²) in [5.41, 5.74) is 0. The molecule has 26 heavy (non-hydrogen) atoms. The first-order chi connectivity index (χ1) is 12.8. The molecule has 3 aromatic rings. The van der Waals surface area contributed by atoms with Crippen molar-refractivity contribution in [3.63, 3.8) is 0 Å². The van der Waals surface area contributed by atoms with E-state index in [1.165, 1.54) is 0 Å². The number of hydrogen-bond donors (Lipinski definition) is 1. The van der Waals surface area contributed by atoms with Crippen LogP contribution >= 0.6 is 11.3 Å². The molecule has 136 valence electrons. The van der Waals surface area contributed by atoms with Gasteiger partial charge in [-0.2, -0.15) is 5.10 Å². The van der Waals surface area contributed by atoms with Crippen LogP contribution in [0.1, 0.15) is 43.9 Å². The quantitative estimate of drug-likeness (QED) is 0.716. The fourth-order valence-corrected chi connectivity index (χ4v) is 4.18. The first kappa shape index (κ1) is 17.0. The number of carbonyl (C=O) groups is 1. The van der Waals surface area contributed by atoms with Crippen LogP contribution in [0, 0.1) is 0 Å². The number of furan rings is 1. The van der Waals surface area contributed by atoms with Gasteiger partial charge in [-0.05, 0) is 49.3 Å². The molecule has 0 spiro atoms. The van der Waals surface area contributed by atoms with E-state index in [1.807, 2.05) is 34.3 Å². The number of nitrogens with one attached hydrogen (secondary N) is 1. The highest BCUT2D eigenvalue weighted by atomic mass is 32.1. The highest BCUT2D eigenvalue weighted by Crippen LogP contribution is 2.28. The van der Waals surface area contributed by atoms with Crippen LogP contribution in [0.2, 0.25) is 0 Å². The third-order valence-electron chi connectivity index (χ3n) is 4.90. The van der Waals surface area contributed by atoms with Gasteiger partial charge in [-0.3, -0.25) is 4.79 Å². The second kappa shape index (κ2) is 7.86. The molecule has 1 saturated carbocycles. The molecule has 0 atom stereocenters. The number of carbonyl (C=O) groups excluding carboxylic acids is 1. The Balaban J connectivity index is 1.21. The van der Waals surface area contributed by atoms with E-state index in [0.717, 1.165) is 42.1 Å². The van der Waals surface area contributed by atoms with Gasteiger partial charge in [-0.15, -0.1) is 11.3 Å². The Morgan fingerprint density at radius 2 is 2.15 bits per heavy atom. The van der Waals surface area contributed by atoms with Crippen LogP contribution < -0.4 is 5.32 Å². The number of aryl methyl sites for hydroxylation is 1. The Morgan fingerprint density at radius 3 is 2.88 bits per heavy atom. The van der Waals surface area contributed by atoms with Crippen molar-refractivity contribution in [1.29, 1.82) is 0 Å². The number of aromatic nitrogens is 3. The summed E-state index contributed by atoms with van der Waals surface area (Å²) in [7, 11) is 0. The lowest BCUT2D eigenvalue weighted by atomic mass is 9.91. The second-order valence-electron chi connectivity index (χ2n) is 6.69. The number of thiophene rings is 1. The Hall–Kier alpha value is -2.41. The lowest BCUT2D eigenvalue weighted by molar-refractivity contribution is -0.122. The van der Waals surface area contributed by atoms with Gasteiger partial charge in [-0.1, -0.05) is 6.07 Å². The van der Waals surface area contributed by atoms with Gasteiger partial charge < -0.3 is 9.73 Å². The van der Waals surface area contributed by atoms with E-state index < -0.39 is 0 Å². The zero-order valence-corrected chi connectivity index (χ0v) is 15.3. The monoisotopic (exact) mass is 370 g/mol. The average molecular weight is 370 g/mol. The third-order valence-corrected chi connectivity index (χ3v) is 5.78. The summed E-state index contributed by atoms with van der Waals surface area (Å²) in [6, 6.07) is 8.66. The zero-order valence-electron chi connectivity index (χ0n) is 14.5. The molecular weight excluding hydrogens is 348 g/mol. The van der Waals surface area contributed by atoms with Crippen molar-refractivity contribution in [2.75, 3.05) is 0 Å². The van der Waals surface area contributed by atoms with Crippen LogP contribution in [0.4, 0.5) is 0 Å².